The molecule has 4 aromatic rings. The van der Waals surface area contributed by atoms with E-state index in [0.29, 0.717) is 5.56 Å². The van der Waals surface area contributed by atoms with Crippen molar-refractivity contribution in [3.05, 3.63) is 66.2 Å². The molecule has 1 atom stereocenters. The molecule has 0 saturated carbocycles. The summed E-state index contributed by atoms with van der Waals surface area (Å²) >= 11 is 0. The van der Waals surface area contributed by atoms with Crippen molar-refractivity contribution in [1.82, 2.24) is 35.5 Å². The third-order valence-electron chi connectivity index (χ3n) is 4.40. The molecule has 0 unspecified atom stereocenters. The molecule has 0 aliphatic carbocycles. The van der Waals surface area contributed by atoms with E-state index >= 15 is 0 Å². The second-order valence-electron chi connectivity index (χ2n) is 6.64. The number of nitrogens with one attached hydrogen (secondary N) is 2. The van der Waals surface area contributed by atoms with Crippen LogP contribution in [0.5, 0.6) is 0 Å². The van der Waals surface area contributed by atoms with Crippen LogP contribution in [0, 0.1) is 5.92 Å². The minimum absolute atomic E-state index is 0.155. The first kappa shape index (κ1) is 16.9. The zero-order chi connectivity index (χ0) is 18.8. The Morgan fingerprint density at radius 3 is 2.56 bits per heavy atom. The Kier molecular flexibility index (Phi) is 4.37. The van der Waals surface area contributed by atoms with E-state index in [-0.39, 0.29) is 17.9 Å². The Morgan fingerprint density at radius 2 is 1.89 bits per heavy atom. The predicted molar refractivity (Wildman–Crippen MR) is 100 cm³/mol. The van der Waals surface area contributed by atoms with Crippen molar-refractivity contribution in [3.8, 4) is 5.69 Å². The number of hydrogen-bond donors (Lipinski definition) is 2. The van der Waals surface area contributed by atoms with Gasteiger partial charge in [0.2, 0.25) is 0 Å². The molecule has 2 N–H and O–H groups in total. The van der Waals surface area contributed by atoms with Gasteiger partial charge >= 0.3 is 0 Å². The van der Waals surface area contributed by atoms with Crippen LogP contribution in [-0.4, -0.2) is 36.1 Å². The largest absolute Gasteiger partial charge is 0.342 e. The Bertz CT molecular complexity index is 1020. The average Bonchev–Trinajstić information content (AvgIpc) is 3.35. The van der Waals surface area contributed by atoms with E-state index in [1.54, 1.807) is 24.3 Å². The maximum absolute atomic E-state index is 12.7. The highest BCUT2D eigenvalue weighted by Gasteiger charge is 2.22. The van der Waals surface area contributed by atoms with Gasteiger partial charge in [0.25, 0.3) is 5.91 Å². The molecule has 0 saturated heterocycles. The van der Waals surface area contributed by atoms with Crippen LogP contribution in [0.2, 0.25) is 0 Å². The van der Waals surface area contributed by atoms with Crippen molar-refractivity contribution < 1.29 is 4.79 Å². The molecule has 8 heteroatoms. The summed E-state index contributed by atoms with van der Waals surface area (Å²) in [4.78, 5) is 20.7. The van der Waals surface area contributed by atoms with Crippen LogP contribution < -0.4 is 5.32 Å². The van der Waals surface area contributed by atoms with Crippen LogP contribution in [0.25, 0.3) is 16.7 Å². The molecular weight excluding hydrogens is 342 g/mol. The van der Waals surface area contributed by atoms with Gasteiger partial charge < -0.3 is 10.3 Å². The minimum Gasteiger partial charge on any atom is -0.342 e. The topological polar surface area (TPSA) is 101 Å². The maximum atomic E-state index is 12.7. The van der Waals surface area contributed by atoms with Gasteiger partial charge in [-0.15, -0.1) is 5.10 Å². The second-order valence-corrected chi connectivity index (χ2v) is 6.64. The van der Waals surface area contributed by atoms with E-state index in [1.165, 1.54) is 11.0 Å². The number of rotatable bonds is 5. The van der Waals surface area contributed by atoms with Crippen molar-refractivity contribution in [3.63, 3.8) is 0 Å². The summed E-state index contributed by atoms with van der Waals surface area (Å²) in [6, 6.07) is 14.7. The first-order chi connectivity index (χ1) is 13.1. The highest BCUT2D eigenvalue weighted by atomic mass is 16.1. The number of amides is 1. The molecule has 4 rings (SSSR count). The molecule has 27 heavy (non-hydrogen) atoms. The average molecular weight is 361 g/mol. The molecule has 2 aromatic carbocycles. The fourth-order valence-electron chi connectivity index (χ4n) is 2.94. The van der Waals surface area contributed by atoms with Gasteiger partial charge in [0.1, 0.15) is 12.2 Å². The third kappa shape index (κ3) is 3.41. The number of nitrogens with zero attached hydrogens (tertiary/aromatic N) is 5. The predicted octanol–water partition coefficient (Wildman–Crippen LogP) is 2.67. The zero-order valence-electron chi connectivity index (χ0n) is 15.0. The maximum Gasteiger partial charge on any atom is 0.251 e. The molecule has 0 fully saturated rings. The van der Waals surface area contributed by atoms with Crippen molar-refractivity contribution in [2.75, 3.05) is 0 Å². The van der Waals surface area contributed by atoms with E-state index in [9.17, 15) is 4.79 Å². The molecule has 136 valence electrons. The number of aromatic nitrogens is 6. The summed E-state index contributed by atoms with van der Waals surface area (Å²) in [6.45, 7) is 4.11. The van der Waals surface area contributed by atoms with E-state index in [1.807, 2.05) is 24.3 Å². The monoisotopic (exact) mass is 361 g/mol. The molecule has 2 aromatic heterocycles. The normalized spacial score (nSPS) is 12.4. The van der Waals surface area contributed by atoms with Gasteiger partial charge in [-0.25, -0.2) is 9.67 Å². The fraction of sp³-hybridized carbons (Fsp3) is 0.211. The summed E-state index contributed by atoms with van der Waals surface area (Å²) in [7, 11) is 0. The third-order valence-corrected chi connectivity index (χ3v) is 4.40. The smallest absolute Gasteiger partial charge is 0.251 e. The van der Waals surface area contributed by atoms with Gasteiger partial charge in [0.15, 0.2) is 0 Å². The van der Waals surface area contributed by atoms with Gasteiger partial charge in [-0.2, -0.15) is 0 Å². The lowest BCUT2D eigenvalue weighted by atomic mass is 10.0. The van der Waals surface area contributed by atoms with Crippen molar-refractivity contribution in [2.45, 2.75) is 19.9 Å². The van der Waals surface area contributed by atoms with E-state index in [2.05, 4.69) is 44.7 Å². The number of aromatic amines is 1. The van der Waals surface area contributed by atoms with Crippen LogP contribution in [0.4, 0.5) is 0 Å². The molecule has 2 heterocycles. The zero-order valence-corrected chi connectivity index (χ0v) is 15.0. The van der Waals surface area contributed by atoms with Gasteiger partial charge in [0, 0.05) is 5.56 Å². The van der Waals surface area contributed by atoms with Gasteiger partial charge in [0.05, 0.1) is 22.8 Å². The van der Waals surface area contributed by atoms with Gasteiger partial charge in [-0.05, 0) is 52.7 Å². The molecule has 0 radical (unpaired) electrons. The van der Waals surface area contributed by atoms with Gasteiger partial charge in [-0.3, -0.25) is 4.79 Å². The Balaban J connectivity index is 1.55. The lowest BCUT2D eigenvalue weighted by molar-refractivity contribution is 0.0923. The van der Waals surface area contributed by atoms with Crippen LogP contribution in [0.1, 0.15) is 36.1 Å². The highest BCUT2D eigenvalue weighted by Crippen LogP contribution is 2.22. The number of hydrogen-bond acceptors (Lipinski definition) is 5. The molecule has 1 amide bonds. The lowest BCUT2D eigenvalue weighted by Gasteiger charge is -2.20. The molecular formula is C19H19N7O. The summed E-state index contributed by atoms with van der Waals surface area (Å²) in [5, 5.41) is 14.1. The number of imidazole rings is 1. The lowest BCUT2D eigenvalue weighted by Crippen LogP contribution is -2.32. The summed E-state index contributed by atoms with van der Waals surface area (Å²) < 4.78 is 1.53. The Labute approximate surface area is 155 Å². The number of tetrazole rings is 1. The molecule has 0 bridgehead atoms. The van der Waals surface area contributed by atoms with Crippen molar-refractivity contribution in [2.24, 2.45) is 5.92 Å². The molecule has 0 aliphatic rings. The van der Waals surface area contributed by atoms with E-state index in [0.717, 1.165) is 22.5 Å². The molecule has 0 spiro atoms. The summed E-state index contributed by atoms with van der Waals surface area (Å²) in [6.07, 6.45) is 1.51. The second kappa shape index (κ2) is 6.99. The van der Waals surface area contributed by atoms with Crippen molar-refractivity contribution in [1.29, 1.82) is 0 Å². The number of para-hydroxylation sites is 2. The first-order valence-corrected chi connectivity index (χ1v) is 8.71. The van der Waals surface area contributed by atoms with E-state index in [4.69, 9.17) is 0 Å². The van der Waals surface area contributed by atoms with Crippen molar-refractivity contribution >= 4 is 16.9 Å². The first-order valence-electron chi connectivity index (χ1n) is 8.71. The number of carbonyl (C=O) groups excluding carboxylic acids is 1. The highest BCUT2D eigenvalue weighted by molar-refractivity contribution is 5.94. The van der Waals surface area contributed by atoms with Crippen LogP contribution in [0.3, 0.4) is 0 Å². The van der Waals surface area contributed by atoms with Crippen LogP contribution >= 0.6 is 0 Å². The quantitative estimate of drug-likeness (QED) is 0.569. The standard InChI is InChI=1S/C19H19N7O/c1-12(2)17(18-21-15-5-3-4-6-16(15)22-18)23-19(27)13-7-9-14(10-8-13)26-11-20-24-25-26/h3-12,17H,1-2H3,(H,21,22)(H,23,27)/t17-/m1/s1. The molecule has 8 nitrogen and oxygen atoms in total. The fourth-order valence-corrected chi connectivity index (χ4v) is 2.94. The number of benzene rings is 2. The number of H-pyrrole nitrogens is 1. The Hall–Kier alpha value is -3.55. The van der Waals surface area contributed by atoms with E-state index < -0.39 is 0 Å². The Morgan fingerprint density at radius 1 is 1.11 bits per heavy atom. The SMILES string of the molecule is CC(C)[C@@H](NC(=O)c1ccc(-n2cnnn2)cc1)c1nc2ccccc2[nH]1. The molecule has 0 aliphatic heterocycles. The number of fused-ring (bicyclic) bond motifs is 1. The number of carbonyl (C=O) groups is 1. The van der Waals surface area contributed by atoms with Crippen LogP contribution in [0.15, 0.2) is 54.9 Å². The minimum atomic E-state index is -0.218. The van der Waals surface area contributed by atoms with Crippen LogP contribution in [-0.2, 0) is 0 Å². The summed E-state index contributed by atoms with van der Waals surface area (Å²) in [5.74, 6) is 0.775. The van der Waals surface area contributed by atoms with Gasteiger partial charge in [-0.1, -0.05) is 26.0 Å². The summed E-state index contributed by atoms with van der Waals surface area (Å²) in [5.41, 5.74) is 3.19.